The maximum absolute atomic E-state index is 14.4. The van der Waals surface area contributed by atoms with Crippen molar-refractivity contribution in [1.29, 1.82) is 0 Å². The summed E-state index contributed by atoms with van der Waals surface area (Å²) in [5, 5.41) is 17.3. The molecule has 0 aliphatic heterocycles. The molecule has 3 rings (SSSR count). The van der Waals surface area contributed by atoms with E-state index < -0.39 is 60.2 Å². The highest BCUT2D eigenvalue weighted by atomic mass is 16.5. The number of carboxylic acid groups (broad SMARTS) is 1. The van der Waals surface area contributed by atoms with Gasteiger partial charge in [0.15, 0.2) is 6.61 Å². The third-order valence-electron chi connectivity index (χ3n) is 9.03. The van der Waals surface area contributed by atoms with E-state index in [1.807, 2.05) is 26.8 Å². The van der Waals surface area contributed by atoms with E-state index in [1.165, 1.54) is 29.0 Å². The van der Waals surface area contributed by atoms with E-state index >= 15 is 0 Å². The van der Waals surface area contributed by atoms with Gasteiger partial charge in [-0.25, -0.2) is 4.79 Å². The smallest absolute Gasteiger partial charge is 0.341 e. The van der Waals surface area contributed by atoms with Crippen LogP contribution in [0.25, 0.3) is 0 Å². The summed E-state index contributed by atoms with van der Waals surface area (Å²) < 4.78 is 10.4. The van der Waals surface area contributed by atoms with Gasteiger partial charge < -0.3 is 45.1 Å². The van der Waals surface area contributed by atoms with Crippen LogP contribution >= 0.6 is 0 Å². The number of ether oxygens (including phenoxy) is 2. The van der Waals surface area contributed by atoms with Crippen molar-refractivity contribution in [1.82, 2.24) is 20.4 Å². The number of anilines is 1. The minimum absolute atomic E-state index is 0.0421. The molecule has 3 aromatic rings. The third kappa shape index (κ3) is 15.4. The fraction of sp³-hybridized carbons (Fsp3) is 0.419. The molecule has 0 saturated carbocycles. The minimum atomic E-state index is -1.26. The van der Waals surface area contributed by atoms with E-state index in [2.05, 4.69) is 16.0 Å². The van der Waals surface area contributed by atoms with Gasteiger partial charge >= 0.3 is 5.97 Å². The van der Waals surface area contributed by atoms with Gasteiger partial charge in [-0.1, -0.05) is 75.4 Å². The average Bonchev–Trinajstić information content (AvgIpc) is 3.20. The Hall–Kier alpha value is -6.09. The molecular weight excluding hydrogens is 746 g/mol. The zero-order valence-corrected chi connectivity index (χ0v) is 33.8. The van der Waals surface area contributed by atoms with Gasteiger partial charge in [0.1, 0.15) is 24.1 Å². The maximum Gasteiger partial charge on any atom is 0.341 e. The van der Waals surface area contributed by atoms with E-state index in [9.17, 15) is 33.6 Å². The first-order valence-corrected chi connectivity index (χ1v) is 19.2. The Labute approximate surface area is 339 Å². The second-order valence-corrected chi connectivity index (χ2v) is 14.3. The van der Waals surface area contributed by atoms with Crippen molar-refractivity contribution >= 4 is 47.5 Å². The highest BCUT2D eigenvalue weighted by Gasteiger charge is 2.32. The van der Waals surface area contributed by atoms with E-state index in [1.54, 1.807) is 67.8 Å². The molecule has 0 fully saturated rings. The molecule has 15 nitrogen and oxygen atoms in total. The van der Waals surface area contributed by atoms with Gasteiger partial charge in [0.2, 0.25) is 29.5 Å². The number of nitrogens with zero attached hydrogens (tertiary/aromatic N) is 2. The van der Waals surface area contributed by atoms with Gasteiger partial charge in [0, 0.05) is 45.7 Å². The Bertz CT molecular complexity index is 1840. The van der Waals surface area contributed by atoms with Crippen molar-refractivity contribution in [2.24, 2.45) is 5.92 Å². The topological polar surface area (TPSA) is 201 Å². The number of aliphatic carboxylic acids is 1. The zero-order valence-electron chi connectivity index (χ0n) is 33.8. The number of carbonyl (C=O) groups is 7. The Morgan fingerprint density at radius 1 is 0.862 bits per heavy atom. The molecule has 0 heterocycles. The summed E-state index contributed by atoms with van der Waals surface area (Å²) >= 11 is 0. The monoisotopic (exact) mass is 801 g/mol. The fourth-order valence-electron chi connectivity index (χ4n) is 6.10. The van der Waals surface area contributed by atoms with Gasteiger partial charge in [-0.2, -0.15) is 0 Å². The van der Waals surface area contributed by atoms with Crippen LogP contribution in [0.4, 0.5) is 5.69 Å². The van der Waals surface area contributed by atoms with Gasteiger partial charge in [-0.3, -0.25) is 24.0 Å². The van der Waals surface area contributed by atoms with Crippen molar-refractivity contribution < 1.29 is 48.1 Å². The van der Waals surface area contributed by atoms with Crippen molar-refractivity contribution in [2.75, 3.05) is 39.2 Å². The van der Waals surface area contributed by atoms with Gasteiger partial charge in [-0.15, -0.1) is 0 Å². The summed E-state index contributed by atoms with van der Waals surface area (Å²) in [6.45, 7) is 5.35. The molecule has 5 amide bonds. The van der Waals surface area contributed by atoms with Crippen LogP contribution in [0.1, 0.15) is 69.2 Å². The Morgan fingerprint density at radius 2 is 1.55 bits per heavy atom. The number of hydrogen-bond donors (Lipinski definition) is 4. The van der Waals surface area contributed by atoms with Crippen LogP contribution in [-0.4, -0.2) is 103 Å². The Balaban J connectivity index is 1.86. The number of benzene rings is 3. The average molecular weight is 802 g/mol. The summed E-state index contributed by atoms with van der Waals surface area (Å²) in [6, 6.07) is 18.7. The standard InChI is InChI=1S/C43H55N5O10/c1-6-21-48(25-39(52)47(4)34(26-49)22-29(2)3)43(56)36(24-30-15-17-35(18-16-30)58-28-40(53)54)45-42(55)41(32-12-8-7-9-13-32)46-38(51)20-19-37(50)44-33-14-10-11-31(23-33)27-57-5/h7-18,23,26,29,34,36,41H,6,19-22,24-25,27-28H2,1-5H3,(H,44,50)(H,45,55)(H,46,51)(H,53,54). The van der Waals surface area contributed by atoms with Crippen LogP contribution in [0, 0.1) is 5.92 Å². The first kappa shape index (κ1) is 46.3. The number of nitrogens with one attached hydrogen (secondary N) is 3. The number of carboxylic acids is 1. The fourth-order valence-corrected chi connectivity index (χ4v) is 6.10. The van der Waals surface area contributed by atoms with Crippen molar-refractivity contribution in [3.63, 3.8) is 0 Å². The second-order valence-electron chi connectivity index (χ2n) is 14.3. The Kier molecular flexibility index (Phi) is 19.0. The maximum atomic E-state index is 14.4. The molecule has 0 aliphatic rings. The van der Waals surface area contributed by atoms with Crippen molar-refractivity contribution in [3.05, 3.63) is 95.6 Å². The molecule has 0 bridgehead atoms. The highest BCUT2D eigenvalue weighted by molar-refractivity contribution is 5.96. The second kappa shape index (κ2) is 23.9. The number of methoxy groups -OCH3 is 1. The number of carbonyl (C=O) groups excluding carboxylic acids is 6. The quantitative estimate of drug-likeness (QED) is 0.0964. The number of amides is 5. The summed E-state index contributed by atoms with van der Waals surface area (Å²) in [6.07, 6.45) is 1.18. The Morgan fingerprint density at radius 3 is 2.17 bits per heavy atom. The summed E-state index contributed by atoms with van der Waals surface area (Å²) in [4.78, 5) is 93.7. The largest absolute Gasteiger partial charge is 0.482 e. The van der Waals surface area contributed by atoms with Gasteiger partial charge in [0.25, 0.3) is 0 Å². The summed E-state index contributed by atoms with van der Waals surface area (Å²) in [7, 11) is 3.08. The molecule has 0 aliphatic carbocycles. The molecule has 4 N–H and O–H groups in total. The normalized spacial score (nSPS) is 12.4. The number of hydrogen-bond acceptors (Lipinski definition) is 9. The van der Waals surface area contributed by atoms with E-state index in [0.717, 1.165) is 5.56 Å². The van der Waals surface area contributed by atoms with E-state index in [-0.39, 0.29) is 44.0 Å². The molecular formula is C43H55N5O10. The number of aldehydes is 1. The lowest BCUT2D eigenvalue weighted by molar-refractivity contribution is -0.144. The number of likely N-dealkylation sites (N-methyl/N-ethyl adjacent to an activating group) is 1. The molecule has 0 saturated heterocycles. The zero-order chi connectivity index (χ0) is 42.6. The molecule has 3 unspecified atom stereocenters. The van der Waals surface area contributed by atoms with Crippen LogP contribution in [0.15, 0.2) is 78.9 Å². The molecule has 0 aromatic heterocycles. The lowest BCUT2D eigenvalue weighted by atomic mass is 10.0. The van der Waals surface area contributed by atoms with E-state index in [0.29, 0.717) is 42.5 Å². The van der Waals surface area contributed by atoms with Crippen LogP contribution in [-0.2, 0) is 51.3 Å². The minimum Gasteiger partial charge on any atom is -0.482 e. The molecule has 3 atom stereocenters. The van der Waals surface area contributed by atoms with Crippen LogP contribution < -0.4 is 20.7 Å². The number of rotatable bonds is 24. The van der Waals surface area contributed by atoms with Gasteiger partial charge in [-0.05, 0) is 59.7 Å². The predicted molar refractivity (Wildman–Crippen MR) is 216 cm³/mol. The highest BCUT2D eigenvalue weighted by Crippen LogP contribution is 2.19. The lowest BCUT2D eigenvalue weighted by Crippen LogP contribution is -2.55. The van der Waals surface area contributed by atoms with Crippen LogP contribution in [0.5, 0.6) is 5.75 Å². The summed E-state index contributed by atoms with van der Waals surface area (Å²) in [5.74, 6) is -3.45. The molecule has 0 spiro atoms. The third-order valence-corrected chi connectivity index (χ3v) is 9.03. The molecule has 15 heteroatoms. The first-order chi connectivity index (χ1) is 27.7. The molecule has 0 radical (unpaired) electrons. The molecule has 58 heavy (non-hydrogen) atoms. The first-order valence-electron chi connectivity index (χ1n) is 19.2. The molecule has 312 valence electrons. The SMILES string of the molecule is CCCN(CC(=O)N(C)C(C=O)CC(C)C)C(=O)C(Cc1ccc(OCC(=O)O)cc1)NC(=O)C(NC(=O)CCC(=O)Nc1cccc(COC)c1)c1ccccc1. The van der Waals surface area contributed by atoms with Crippen LogP contribution in [0.3, 0.4) is 0 Å². The van der Waals surface area contributed by atoms with E-state index in [4.69, 9.17) is 14.6 Å². The van der Waals surface area contributed by atoms with Crippen molar-refractivity contribution in [3.8, 4) is 5.75 Å². The molecule has 3 aromatic carbocycles. The van der Waals surface area contributed by atoms with Gasteiger partial charge in [0.05, 0.1) is 19.2 Å². The van der Waals surface area contributed by atoms with Crippen LogP contribution in [0.2, 0.25) is 0 Å². The predicted octanol–water partition coefficient (Wildman–Crippen LogP) is 3.91. The van der Waals surface area contributed by atoms with Crippen molar-refractivity contribution in [2.45, 2.75) is 77.6 Å². The lowest BCUT2D eigenvalue weighted by Gasteiger charge is -2.31. The summed E-state index contributed by atoms with van der Waals surface area (Å²) in [5.41, 5.74) is 2.41.